The number of unbranched alkanes of at least 4 members (excludes halogenated alkanes) is 6. The maximum Gasteiger partial charge on any atom is -0.0202 e. The van der Waals surface area contributed by atoms with Crippen LogP contribution in [0.4, 0.5) is 0 Å². The number of allylic oxidation sites excluding steroid dienone is 4. The first-order chi connectivity index (χ1) is 9.88. The molecule has 0 aliphatic heterocycles. The Morgan fingerprint density at radius 2 is 1.65 bits per heavy atom. The molecule has 1 rings (SSSR count). The van der Waals surface area contributed by atoms with Gasteiger partial charge in [0.2, 0.25) is 0 Å². The van der Waals surface area contributed by atoms with Crippen LogP contribution in [-0.4, -0.2) is 0 Å². The van der Waals surface area contributed by atoms with Crippen LogP contribution >= 0.6 is 0 Å². The molecule has 0 N–H and O–H groups in total. The molecule has 0 heteroatoms. The van der Waals surface area contributed by atoms with E-state index in [1.54, 1.807) is 0 Å². The smallest absolute Gasteiger partial charge is 0.0202 e. The topological polar surface area (TPSA) is 0 Å². The molecule has 1 saturated carbocycles. The Balaban J connectivity index is 2.13. The first kappa shape index (κ1) is 17.5. The summed E-state index contributed by atoms with van der Waals surface area (Å²) >= 11 is 0. The third-order valence-corrected chi connectivity index (χ3v) is 4.64. The van der Waals surface area contributed by atoms with Crippen molar-refractivity contribution in [3.8, 4) is 0 Å². The van der Waals surface area contributed by atoms with Crippen LogP contribution < -0.4 is 0 Å². The van der Waals surface area contributed by atoms with E-state index in [2.05, 4.69) is 38.2 Å². The molecule has 1 aliphatic rings. The number of rotatable bonds is 11. The average molecular weight is 277 g/mol. The van der Waals surface area contributed by atoms with Crippen LogP contribution in [-0.2, 0) is 0 Å². The van der Waals surface area contributed by atoms with Crippen molar-refractivity contribution in [2.45, 2.75) is 90.9 Å². The lowest BCUT2D eigenvalue weighted by Gasteiger charge is -2.13. The molecule has 116 valence electrons. The van der Waals surface area contributed by atoms with Gasteiger partial charge in [-0.2, -0.15) is 0 Å². The van der Waals surface area contributed by atoms with Crippen LogP contribution in [0.15, 0.2) is 24.3 Å². The second kappa shape index (κ2) is 12.2. The third kappa shape index (κ3) is 7.92. The number of hydrogen-bond acceptors (Lipinski definition) is 0. The monoisotopic (exact) mass is 276 g/mol. The Morgan fingerprint density at radius 3 is 2.45 bits per heavy atom. The lowest BCUT2D eigenvalue weighted by Crippen LogP contribution is -2.03. The summed E-state index contributed by atoms with van der Waals surface area (Å²) in [7, 11) is 0. The average Bonchev–Trinajstić information content (AvgIpc) is 2.90. The fourth-order valence-corrected chi connectivity index (χ4v) is 3.30. The van der Waals surface area contributed by atoms with Gasteiger partial charge in [-0.3, -0.25) is 0 Å². The maximum atomic E-state index is 2.55. The Morgan fingerprint density at radius 1 is 0.800 bits per heavy atom. The van der Waals surface area contributed by atoms with Gasteiger partial charge in [0.1, 0.15) is 0 Å². The van der Waals surface area contributed by atoms with E-state index in [0.717, 1.165) is 11.8 Å². The van der Waals surface area contributed by atoms with E-state index in [0.29, 0.717) is 0 Å². The van der Waals surface area contributed by atoms with Crippen molar-refractivity contribution < 1.29 is 0 Å². The zero-order valence-corrected chi connectivity index (χ0v) is 13.9. The molecular formula is C20H36. The third-order valence-electron chi connectivity index (χ3n) is 4.64. The largest absolute Gasteiger partial charge is 0.0885 e. The molecule has 1 fully saturated rings. The van der Waals surface area contributed by atoms with Gasteiger partial charge in [0.05, 0.1) is 0 Å². The SMILES string of the molecule is CCCC=CC[C@H]1CCC[C@@H]1C=CCCCCCCC. The van der Waals surface area contributed by atoms with Gasteiger partial charge in [-0.25, -0.2) is 0 Å². The van der Waals surface area contributed by atoms with Crippen LogP contribution in [0.5, 0.6) is 0 Å². The molecule has 0 saturated heterocycles. The zero-order chi connectivity index (χ0) is 14.5. The Bertz CT molecular complexity index is 261. The van der Waals surface area contributed by atoms with E-state index in [1.165, 1.54) is 77.0 Å². The summed E-state index contributed by atoms with van der Waals surface area (Å²) in [6, 6.07) is 0. The van der Waals surface area contributed by atoms with Crippen LogP contribution in [0.1, 0.15) is 90.9 Å². The molecule has 0 radical (unpaired) electrons. The van der Waals surface area contributed by atoms with Crippen LogP contribution in [0.2, 0.25) is 0 Å². The van der Waals surface area contributed by atoms with Crippen molar-refractivity contribution in [3.63, 3.8) is 0 Å². The molecule has 0 heterocycles. The van der Waals surface area contributed by atoms with Crippen molar-refractivity contribution >= 4 is 0 Å². The molecule has 0 aromatic heterocycles. The predicted molar refractivity (Wildman–Crippen MR) is 92.0 cm³/mol. The highest BCUT2D eigenvalue weighted by atomic mass is 14.3. The van der Waals surface area contributed by atoms with Crippen molar-refractivity contribution in [2.24, 2.45) is 11.8 Å². The first-order valence-corrected chi connectivity index (χ1v) is 9.20. The fraction of sp³-hybridized carbons (Fsp3) is 0.800. The lowest BCUT2D eigenvalue weighted by atomic mass is 9.92. The molecule has 0 unspecified atom stereocenters. The molecule has 0 bridgehead atoms. The van der Waals surface area contributed by atoms with Crippen molar-refractivity contribution in [1.29, 1.82) is 0 Å². The van der Waals surface area contributed by atoms with Crippen LogP contribution in [0, 0.1) is 11.8 Å². The molecule has 0 amide bonds. The summed E-state index contributed by atoms with van der Waals surface area (Å²) in [5.74, 6) is 1.80. The second-order valence-corrected chi connectivity index (χ2v) is 6.48. The standard InChI is InChI=1S/C20H36/c1-3-5-7-9-10-11-13-16-20-18-14-17-19(20)15-12-8-6-4-2/h8,12-13,16,19-20H,3-7,9-11,14-15,17-18H2,1-2H3/t19-,20-/m0/s1. The van der Waals surface area contributed by atoms with Gasteiger partial charge in [-0.15, -0.1) is 0 Å². The summed E-state index contributed by atoms with van der Waals surface area (Å²) in [5.41, 5.74) is 0. The molecule has 0 nitrogen and oxygen atoms in total. The summed E-state index contributed by atoms with van der Waals surface area (Å²) in [6.07, 6.45) is 26.3. The molecule has 0 aromatic rings. The first-order valence-electron chi connectivity index (χ1n) is 9.20. The Hall–Kier alpha value is -0.520. The van der Waals surface area contributed by atoms with Crippen LogP contribution in [0.25, 0.3) is 0 Å². The highest BCUT2D eigenvalue weighted by Gasteiger charge is 2.23. The molecular weight excluding hydrogens is 240 g/mol. The Labute approximate surface area is 127 Å². The maximum absolute atomic E-state index is 2.55. The molecule has 0 spiro atoms. The van der Waals surface area contributed by atoms with E-state index in [1.807, 2.05) is 0 Å². The van der Waals surface area contributed by atoms with Gasteiger partial charge < -0.3 is 0 Å². The minimum absolute atomic E-state index is 0.872. The minimum Gasteiger partial charge on any atom is -0.0885 e. The molecule has 20 heavy (non-hydrogen) atoms. The summed E-state index contributed by atoms with van der Waals surface area (Å²) in [5, 5.41) is 0. The van der Waals surface area contributed by atoms with Gasteiger partial charge in [0.15, 0.2) is 0 Å². The van der Waals surface area contributed by atoms with E-state index >= 15 is 0 Å². The van der Waals surface area contributed by atoms with E-state index in [-0.39, 0.29) is 0 Å². The summed E-state index contributed by atoms with van der Waals surface area (Å²) < 4.78 is 0. The Kier molecular flexibility index (Phi) is 10.7. The van der Waals surface area contributed by atoms with E-state index < -0.39 is 0 Å². The van der Waals surface area contributed by atoms with E-state index in [9.17, 15) is 0 Å². The van der Waals surface area contributed by atoms with Crippen molar-refractivity contribution in [3.05, 3.63) is 24.3 Å². The zero-order valence-electron chi connectivity index (χ0n) is 13.9. The van der Waals surface area contributed by atoms with E-state index in [4.69, 9.17) is 0 Å². The van der Waals surface area contributed by atoms with Gasteiger partial charge in [0.25, 0.3) is 0 Å². The molecule has 1 aliphatic carbocycles. The van der Waals surface area contributed by atoms with Gasteiger partial charge in [-0.1, -0.05) is 76.7 Å². The predicted octanol–water partition coefficient (Wildman–Crippen LogP) is 7.07. The molecule has 2 atom stereocenters. The minimum atomic E-state index is 0.872. The number of hydrogen-bond donors (Lipinski definition) is 0. The normalized spacial score (nSPS) is 23.3. The quantitative estimate of drug-likeness (QED) is 0.280. The lowest BCUT2D eigenvalue weighted by molar-refractivity contribution is 0.462. The van der Waals surface area contributed by atoms with Crippen molar-refractivity contribution in [2.75, 3.05) is 0 Å². The van der Waals surface area contributed by atoms with Gasteiger partial charge in [-0.05, 0) is 50.4 Å². The second-order valence-electron chi connectivity index (χ2n) is 6.48. The van der Waals surface area contributed by atoms with Gasteiger partial charge >= 0.3 is 0 Å². The van der Waals surface area contributed by atoms with Crippen molar-refractivity contribution in [1.82, 2.24) is 0 Å². The fourth-order valence-electron chi connectivity index (χ4n) is 3.30. The molecule has 0 aromatic carbocycles. The van der Waals surface area contributed by atoms with Gasteiger partial charge in [0, 0.05) is 0 Å². The summed E-state index contributed by atoms with van der Waals surface area (Å²) in [4.78, 5) is 0. The summed E-state index contributed by atoms with van der Waals surface area (Å²) in [6.45, 7) is 4.54. The highest BCUT2D eigenvalue weighted by molar-refractivity contribution is 4.97. The highest BCUT2D eigenvalue weighted by Crippen LogP contribution is 2.35. The van der Waals surface area contributed by atoms with Crippen LogP contribution in [0.3, 0.4) is 0 Å².